The Kier molecular flexibility index (Phi) is 4.32. The molecular weight excluding hydrogens is 278 g/mol. The van der Waals surface area contributed by atoms with Gasteiger partial charge in [0.15, 0.2) is 0 Å². The molecule has 0 aromatic heterocycles. The monoisotopic (exact) mass is 297 g/mol. The van der Waals surface area contributed by atoms with Crippen LogP contribution in [0.5, 0.6) is 5.75 Å². The third-order valence-corrected chi connectivity index (χ3v) is 4.07. The summed E-state index contributed by atoms with van der Waals surface area (Å²) in [5.41, 5.74) is 6.67. The number of hydrogen-bond acceptors (Lipinski definition) is 2. The molecule has 3 heteroatoms. The molecule has 2 N–H and O–H groups in total. The maximum absolute atomic E-state index is 6.03. The van der Waals surface area contributed by atoms with Crippen molar-refractivity contribution in [2.45, 2.75) is 45.1 Å². The van der Waals surface area contributed by atoms with Gasteiger partial charge in [0, 0.05) is 4.47 Å². The van der Waals surface area contributed by atoms with Gasteiger partial charge < -0.3 is 10.5 Å². The third-order valence-electron chi connectivity index (χ3n) is 3.58. The fraction of sp³-hybridized carbons (Fsp3) is 0.571. The molecule has 0 saturated heterocycles. The van der Waals surface area contributed by atoms with Crippen LogP contribution in [0.15, 0.2) is 22.7 Å². The van der Waals surface area contributed by atoms with E-state index in [1.165, 1.54) is 25.7 Å². The lowest BCUT2D eigenvalue weighted by atomic mass is 9.85. The average Bonchev–Trinajstić information content (AvgIpc) is 2.33. The summed E-state index contributed by atoms with van der Waals surface area (Å²) in [5, 5.41) is 0. The second-order valence-corrected chi connectivity index (χ2v) is 5.78. The van der Waals surface area contributed by atoms with Crippen LogP contribution in [0.3, 0.4) is 0 Å². The maximum Gasteiger partial charge on any atom is 0.142 e. The van der Waals surface area contributed by atoms with Crippen molar-refractivity contribution in [3.05, 3.63) is 22.7 Å². The Labute approximate surface area is 112 Å². The topological polar surface area (TPSA) is 35.2 Å². The van der Waals surface area contributed by atoms with Crippen molar-refractivity contribution in [1.29, 1.82) is 0 Å². The highest BCUT2D eigenvalue weighted by molar-refractivity contribution is 9.10. The highest BCUT2D eigenvalue weighted by Gasteiger charge is 2.22. The molecule has 94 valence electrons. The fourth-order valence-corrected chi connectivity index (χ4v) is 2.90. The van der Waals surface area contributed by atoms with Gasteiger partial charge in [0.25, 0.3) is 0 Å². The van der Waals surface area contributed by atoms with Crippen molar-refractivity contribution in [3.63, 3.8) is 0 Å². The molecule has 1 saturated carbocycles. The van der Waals surface area contributed by atoms with Crippen molar-refractivity contribution >= 4 is 21.6 Å². The zero-order valence-electron chi connectivity index (χ0n) is 10.3. The zero-order valence-corrected chi connectivity index (χ0v) is 11.9. The molecule has 2 unspecified atom stereocenters. The third kappa shape index (κ3) is 3.38. The van der Waals surface area contributed by atoms with E-state index in [0.717, 1.165) is 28.2 Å². The summed E-state index contributed by atoms with van der Waals surface area (Å²) in [6.45, 7) is 2.26. The standard InChI is InChI=1S/C14H20BrNO/c1-2-10-4-3-5-12(8-10)17-14-7-6-11(15)9-13(14)16/h6-7,9-10,12H,2-5,8,16H2,1H3. The first-order valence-electron chi connectivity index (χ1n) is 6.40. The maximum atomic E-state index is 6.03. The molecule has 1 aromatic carbocycles. The van der Waals surface area contributed by atoms with Crippen molar-refractivity contribution in [3.8, 4) is 5.75 Å². The van der Waals surface area contributed by atoms with Gasteiger partial charge in [-0.3, -0.25) is 0 Å². The van der Waals surface area contributed by atoms with Crippen molar-refractivity contribution in [2.75, 3.05) is 5.73 Å². The lowest BCUT2D eigenvalue weighted by molar-refractivity contribution is 0.123. The molecule has 2 rings (SSSR count). The number of hydrogen-bond donors (Lipinski definition) is 1. The fourth-order valence-electron chi connectivity index (χ4n) is 2.53. The van der Waals surface area contributed by atoms with Gasteiger partial charge in [-0.2, -0.15) is 0 Å². The highest BCUT2D eigenvalue weighted by atomic mass is 79.9. The summed E-state index contributed by atoms with van der Waals surface area (Å²) in [7, 11) is 0. The van der Waals surface area contributed by atoms with Crippen LogP contribution in [0.4, 0.5) is 5.69 Å². The van der Waals surface area contributed by atoms with E-state index in [-0.39, 0.29) is 0 Å². The Hall–Kier alpha value is -0.700. The van der Waals surface area contributed by atoms with Crippen LogP contribution in [-0.4, -0.2) is 6.10 Å². The van der Waals surface area contributed by atoms with Crippen LogP contribution in [0.25, 0.3) is 0 Å². The summed E-state index contributed by atoms with van der Waals surface area (Å²) >= 11 is 3.41. The number of benzene rings is 1. The molecule has 17 heavy (non-hydrogen) atoms. The lowest BCUT2D eigenvalue weighted by Gasteiger charge is -2.29. The molecule has 0 bridgehead atoms. The van der Waals surface area contributed by atoms with E-state index >= 15 is 0 Å². The molecule has 2 nitrogen and oxygen atoms in total. The summed E-state index contributed by atoms with van der Waals surface area (Å²) in [6.07, 6.45) is 6.57. The van der Waals surface area contributed by atoms with Gasteiger partial charge in [0.05, 0.1) is 11.8 Å². The summed E-state index contributed by atoms with van der Waals surface area (Å²) in [6, 6.07) is 5.83. The van der Waals surface area contributed by atoms with Gasteiger partial charge in [-0.1, -0.05) is 35.7 Å². The number of anilines is 1. The molecule has 1 fully saturated rings. The lowest BCUT2D eigenvalue weighted by Crippen LogP contribution is -2.25. The van der Waals surface area contributed by atoms with Gasteiger partial charge in [-0.15, -0.1) is 0 Å². The van der Waals surface area contributed by atoms with Crippen molar-refractivity contribution in [2.24, 2.45) is 5.92 Å². The van der Waals surface area contributed by atoms with Gasteiger partial charge >= 0.3 is 0 Å². The normalized spacial score (nSPS) is 24.6. The quantitative estimate of drug-likeness (QED) is 0.840. The van der Waals surface area contributed by atoms with E-state index < -0.39 is 0 Å². The Morgan fingerprint density at radius 3 is 2.94 bits per heavy atom. The van der Waals surface area contributed by atoms with E-state index in [9.17, 15) is 0 Å². The Morgan fingerprint density at radius 1 is 1.41 bits per heavy atom. The van der Waals surface area contributed by atoms with Crippen molar-refractivity contribution in [1.82, 2.24) is 0 Å². The number of rotatable bonds is 3. The van der Waals surface area contributed by atoms with E-state index in [2.05, 4.69) is 22.9 Å². The minimum atomic E-state index is 0.345. The van der Waals surface area contributed by atoms with Gasteiger partial charge in [0.2, 0.25) is 0 Å². The van der Waals surface area contributed by atoms with Gasteiger partial charge in [0.1, 0.15) is 5.75 Å². The Bertz CT molecular complexity index is 380. The second-order valence-electron chi connectivity index (χ2n) is 4.86. The minimum Gasteiger partial charge on any atom is -0.488 e. The minimum absolute atomic E-state index is 0.345. The number of ether oxygens (including phenoxy) is 1. The number of halogens is 1. The molecule has 0 heterocycles. The van der Waals surface area contributed by atoms with Crippen LogP contribution in [-0.2, 0) is 0 Å². The van der Waals surface area contributed by atoms with E-state index in [0.29, 0.717) is 6.10 Å². The molecule has 0 aliphatic heterocycles. The molecule has 1 aromatic rings. The Balaban J connectivity index is 2.00. The smallest absolute Gasteiger partial charge is 0.142 e. The van der Waals surface area contributed by atoms with E-state index in [1.54, 1.807) is 0 Å². The van der Waals surface area contributed by atoms with Crippen LogP contribution >= 0.6 is 15.9 Å². The van der Waals surface area contributed by atoms with Crippen molar-refractivity contribution < 1.29 is 4.74 Å². The van der Waals surface area contributed by atoms with E-state index in [1.807, 2.05) is 18.2 Å². The Morgan fingerprint density at radius 2 is 2.24 bits per heavy atom. The summed E-state index contributed by atoms with van der Waals surface area (Å²) in [5.74, 6) is 1.65. The van der Waals surface area contributed by atoms with Gasteiger partial charge in [-0.05, 0) is 43.4 Å². The molecule has 0 amide bonds. The largest absolute Gasteiger partial charge is 0.488 e. The second kappa shape index (κ2) is 5.76. The first-order chi connectivity index (χ1) is 8.19. The van der Waals surface area contributed by atoms with Crippen LogP contribution in [0.2, 0.25) is 0 Å². The first kappa shape index (κ1) is 12.7. The zero-order chi connectivity index (χ0) is 12.3. The predicted octanol–water partition coefficient (Wildman–Crippen LogP) is 4.38. The molecule has 1 aliphatic carbocycles. The SMILES string of the molecule is CCC1CCCC(Oc2ccc(Br)cc2N)C1. The molecule has 0 radical (unpaired) electrons. The van der Waals surface area contributed by atoms with E-state index in [4.69, 9.17) is 10.5 Å². The average molecular weight is 298 g/mol. The summed E-state index contributed by atoms with van der Waals surface area (Å²) in [4.78, 5) is 0. The number of nitrogen functional groups attached to an aromatic ring is 1. The van der Waals surface area contributed by atoms with Crippen LogP contribution in [0, 0.1) is 5.92 Å². The van der Waals surface area contributed by atoms with Gasteiger partial charge in [-0.25, -0.2) is 0 Å². The molecule has 2 atom stereocenters. The number of nitrogens with two attached hydrogens (primary N) is 1. The first-order valence-corrected chi connectivity index (χ1v) is 7.20. The highest BCUT2D eigenvalue weighted by Crippen LogP contribution is 2.32. The van der Waals surface area contributed by atoms with Crippen LogP contribution < -0.4 is 10.5 Å². The summed E-state index contributed by atoms with van der Waals surface area (Å²) < 4.78 is 7.02. The predicted molar refractivity (Wildman–Crippen MR) is 75.2 cm³/mol. The molecule has 0 spiro atoms. The molecular formula is C14H20BrNO. The molecule has 1 aliphatic rings. The van der Waals surface area contributed by atoms with Crippen LogP contribution in [0.1, 0.15) is 39.0 Å².